The number of hydrogen-bond acceptors (Lipinski definition) is 3. The molecule has 0 bridgehead atoms. The fourth-order valence-corrected chi connectivity index (χ4v) is 2.16. The number of methoxy groups -OCH3 is 1. The second-order valence-corrected chi connectivity index (χ2v) is 4.70. The maximum atomic E-state index is 5.14. The first-order valence-electron chi connectivity index (χ1n) is 6.20. The molecular weight excluding hydrogens is 188 g/mol. The van der Waals surface area contributed by atoms with Crippen LogP contribution in [0.4, 0.5) is 0 Å². The van der Waals surface area contributed by atoms with E-state index in [1.54, 1.807) is 7.11 Å². The second-order valence-electron chi connectivity index (χ2n) is 4.70. The van der Waals surface area contributed by atoms with Gasteiger partial charge in [-0.1, -0.05) is 0 Å². The predicted octanol–water partition coefficient (Wildman–Crippen LogP) is 1.49. The van der Waals surface area contributed by atoms with Crippen LogP contribution in [0, 0.1) is 0 Å². The third-order valence-corrected chi connectivity index (χ3v) is 3.24. The Labute approximate surface area is 94.2 Å². The topological polar surface area (TPSA) is 24.5 Å². The van der Waals surface area contributed by atoms with Gasteiger partial charge in [-0.15, -0.1) is 0 Å². The molecule has 0 amide bonds. The molecule has 0 saturated carbocycles. The van der Waals surface area contributed by atoms with Gasteiger partial charge in [0.25, 0.3) is 0 Å². The molecule has 1 aliphatic heterocycles. The van der Waals surface area contributed by atoms with Gasteiger partial charge in [0.05, 0.1) is 6.61 Å². The highest BCUT2D eigenvalue weighted by atomic mass is 16.5. The van der Waals surface area contributed by atoms with Crippen LogP contribution < -0.4 is 5.32 Å². The molecule has 0 aromatic carbocycles. The Hall–Kier alpha value is -0.120. The maximum Gasteiger partial charge on any atom is 0.0589 e. The van der Waals surface area contributed by atoms with E-state index in [-0.39, 0.29) is 0 Å². The van der Waals surface area contributed by atoms with Crippen LogP contribution in [0.5, 0.6) is 0 Å². The first-order valence-corrected chi connectivity index (χ1v) is 6.20. The summed E-state index contributed by atoms with van der Waals surface area (Å²) in [5.74, 6) is 0. The highest BCUT2D eigenvalue weighted by molar-refractivity contribution is 4.76. The van der Waals surface area contributed by atoms with Crippen LogP contribution >= 0.6 is 0 Å². The molecule has 3 nitrogen and oxygen atoms in total. The number of hydrogen-bond donors (Lipinski definition) is 1. The standard InChI is InChI=1S/C12H26N2O/c1-11(2)14(9-10-15-3)8-6-12-5-4-7-13-12/h11-13H,4-10H2,1-3H3. The van der Waals surface area contributed by atoms with Crippen LogP contribution in [-0.4, -0.2) is 50.3 Å². The molecule has 1 saturated heterocycles. The van der Waals surface area contributed by atoms with Crippen molar-refractivity contribution in [2.75, 3.05) is 33.4 Å². The van der Waals surface area contributed by atoms with Crippen molar-refractivity contribution in [3.8, 4) is 0 Å². The van der Waals surface area contributed by atoms with Crippen molar-refractivity contribution in [1.82, 2.24) is 10.2 Å². The highest BCUT2D eigenvalue weighted by Crippen LogP contribution is 2.10. The van der Waals surface area contributed by atoms with E-state index in [1.807, 2.05) is 0 Å². The van der Waals surface area contributed by atoms with Gasteiger partial charge < -0.3 is 10.1 Å². The fraction of sp³-hybridized carbons (Fsp3) is 1.00. The lowest BCUT2D eigenvalue weighted by molar-refractivity contribution is 0.126. The van der Waals surface area contributed by atoms with E-state index in [4.69, 9.17) is 4.74 Å². The van der Waals surface area contributed by atoms with Crippen molar-refractivity contribution in [1.29, 1.82) is 0 Å². The largest absolute Gasteiger partial charge is 0.383 e. The first-order chi connectivity index (χ1) is 7.24. The van der Waals surface area contributed by atoms with Gasteiger partial charge >= 0.3 is 0 Å². The predicted molar refractivity (Wildman–Crippen MR) is 64.2 cm³/mol. The summed E-state index contributed by atoms with van der Waals surface area (Å²) in [4.78, 5) is 2.50. The zero-order valence-electron chi connectivity index (χ0n) is 10.5. The number of nitrogens with one attached hydrogen (secondary N) is 1. The molecule has 1 heterocycles. The van der Waals surface area contributed by atoms with Gasteiger partial charge in [0, 0.05) is 25.7 Å². The quantitative estimate of drug-likeness (QED) is 0.695. The monoisotopic (exact) mass is 214 g/mol. The van der Waals surface area contributed by atoms with Crippen LogP contribution in [-0.2, 0) is 4.74 Å². The third kappa shape index (κ3) is 4.96. The second kappa shape index (κ2) is 7.20. The van der Waals surface area contributed by atoms with Crippen molar-refractivity contribution >= 4 is 0 Å². The first kappa shape index (κ1) is 12.9. The molecule has 0 aromatic heterocycles. The maximum absolute atomic E-state index is 5.14. The summed E-state index contributed by atoms with van der Waals surface area (Å²) < 4.78 is 5.14. The summed E-state index contributed by atoms with van der Waals surface area (Å²) in [5, 5.41) is 3.55. The summed E-state index contributed by atoms with van der Waals surface area (Å²) in [6.07, 6.45) is 3.99. The molecule has 0 aliphatic carbocycles. The molecule has 0 aromatic rings. The molecule has 0 radical (unpaired) electrons. The SMILES string of the molecule is COCCN(CCC1CCCN1)C(C)C. The van der Waals surface area contributed by atoms with E-state index >= 15 is 0 Å². The molecule has 1 N–H and O–H groups in total. The van der Waals surface area contributed by atoms with Gasteiger partial charge in [-0.25, -0.2) is 0 Å². The van der Waals surface area contributed by atoms with Crippen LogP contribution in [0.1, 0.15) is 33.1 Å². The molecule has 1 rings (SSSR count). The van der Waals surface area contributed by atoms with Crippen LogP contribution in [0.3, 0.4) is 0 Å². The molecule has 90 valence electrons. The van der Waals surface area contributed by atoms with Gasteiger partial charge in [-0.2, -0.15) is 0 Å². The van der Waals surface area contributed by atoms with E-state index in [9.17, 15) is 0 Å². The van der Waals surface area contributed by atoms with E-state index in [1.165, 1.54) is 32.4 Å². The number of ether oxygens (including phenoxy) is 1. The Morgan fingerprint density at radius 3 is 2.73 bits per heavy atom. The normalized spacial score (nSPS) is 21.8. The lowest BCUT2D eigenvalue weighted by Gasteiger charge is -2.27. The smallest absolute Gasteiger partial charge is 0.0589 e. The molecule has 1 fully saturated rings. The Morgan fingerprint density at radius 1 is 1.40 bits per heavy atom. The van der Waals surface area contributed by atoms with Gasteiger partial charge in [-0.05, 0) is 46.2 Å². The number of rotatable bonds is 7. The van der Waals surface area contributed by atoms with Crippen molar-refractivity contribution in [2.24, 2.45) is 0 Å². The van der Waals surface area contributed by atoms with Crippen LogP contribution in [0.15, 0.2) is 0 Å². The zero-order chi connectivity index (χ0) is 11.1. The lowest BCUT2D eigenvalue weighted by atomic mass is 10.1. The minimum Gasteiger partial charge on any atom is -0.383 e. The lowest BCUT2D eigenvalue weighted by Crippen LogP contribution is -2.37. The molecule has 0 spiro atoms. The highest BCUT2D eigenvalue weighted by Gasteiger charge is 2.16. The van der Waals surface area contributed by atoms with Gasteiger partial charge in [0.2, 0.25) is 0 Å². The Balaban J connectivity index is 2.17. The number of nitrogens with zero attached hydrogens (tertiary/aromatic N) is 1. The molecular formula is C12H26N2O. The van der Waals surface area contributed by atoms with Gasteiger partial charge in [0.1, 0.15) is 0 Å². The summed E-state index contributed by atoms with van der Waals surface area (Å²) in [7, 11) is 1.77. The van der Waals surface area contributed by atoms with E-state index < -0.39 is 0 Å². The van der Waals surface area contributed by atoms with Crippen molar-refractivity contribution in [3.63, 3.8) is 0 Å². The molecule has 3 heteroatoms. The fourth-order valence-electron chi connectivity index (χ4n) is 2.16. The van der Waals surface area contributed by atoms with Gasteiger partial charge in [-0.3, -0.25) is 4.90 Å². The summed E-state index contributed by atoms with van der Waals surface area (Å²) in [6, 6.07) is 1.38. The summed E-state index contributed by atoms with van der Waals surface area (Å²) in [6.45, 7) is 8.83. The Bertz CT molecular complexity index is 156. The molecule has 1 atom stereocenters. The summed E-state index contributed by atoms with van der Waals surface area (Å²) >= 11 is 0. The van der Waals surface area contributed by atoms with E-state index in [0.717, 1.165) is 19.2 Å². The Kier molecular flexibility index (Phi) is 6.22. The van der Waals surface area contributed by atoms with E-state index in [0.29, 0.717) is 6.04 Å². The van der Waals surface area contributed by atoms with Crippen molar-refractivity contribution < 1.29 is 4.74 Å². The van der Waals surface area contributed by atoms with Crippen molar-refractivity contribution in [3.05, 3.63) is 0 Å². The van der Waals surface area contributed by atoms with Crippen LogP contribution in [0.25, 0.3) is 0 Å². The van der Waals surface area contributed by atoms with Crippen LogP contribution in [0.2, 0.25) is 0 Å². The minimum atomic E-state index is 0.626. The van der Waals surface area contributed by atoms with E-state index in [2.05, 4.69) is 24.1 Å². The average molecular weight is 214 g/mol. The Morgan fingerprint density at radius 2 is 2.20 bits per heavy atom. The molecule has 15 heavy (non-hydrogen) atoms. The van der Waals surface area contributed by atoms with Crippen molar-refractivity contribution in [2.45, 2.75) is 45.2 Å². The van der Waals surface area contributed by atoms with Gasteiger partial charge in [0.15, 0.2) is 0 Å². The molecule has 1 aliphatic rings. The third-order valence-electron chi connectivity index (χ3n) is 3.24. The molecule has 1 unspecified atom stereocenters. The summed E-state index contributed by atoms with van der Waals surface area (Å²) in [5.41, 5.74) is 0. The average Bonchev–Trinajstić information content (AvgIpc) is 2.70. The minimum absolute atomic E-state index is 0.626. The zero-order valence-corrected chi connectivity index (χ0v) is 10.5.